The molecule has 11 heteroatoms. The van der Waals surface area contributed by atoms with Crippen LogP contribution < -0.4 is 0 Å². The number of hydrogen-bond donors (Lipinski definition) is 3. The molecule has 214 valence electrons. The van der Waals surface area contributed by atoms with Gasteiger partial charge in [0.1, 0.15) is 25.4 Å². The van der Waals surface area contributed by atoms with E-state index < -0.39 is 12.3 Å². The van der Waals surface area contributed by atoms with Crippen LogP contribution in [0.25, 0.3) is 10.8 Å². The van der Waals surface area contributed by atoms with E-state index in [1.165, 1.54) is 40.2 Å². The number of hydrogen-bond acceptors (Lipinski definition) is 7. The van der Waals surface area contributed by atoms with Crippen LogP contribution in [0, 0.1) is 0 Å². The smallest absolute Gasteiger partial charge is 0.325 e. The van der Waals surface area contributed by atoms with Gasteiger partial charge in [0.05, 0.1) is 13.2 Å². The van der Waals surface area contributed by atoms with Gasteiger partial charge < -0.3 is 24.8 Å². The number of carbonyl (C=O) groups is 2. The fourth-order valence-electron chi connectivity index (χ4n) is 4.18. The van der Waals surface area contributed by atoms with Crippen molar-refractivity contribution in [3.05, 3.63) is 42.5 Å². The van der Waals surface area contributed by atoms with Gasteiger partial charge in [-0.05, 0) is 11.5 Å². The number of urea groups is 2. The van der Waals surface area contributed by atoms with Crippen LogP contribution in [0.15, 0.2) is 42.5 Å². The first-order valence-electron chi connectivity index (χ1n) is 12.9. The number of aliphatic hydroxyl groups excluding tert-OH is 2. The summed E-state index contributed by atoms with van der Waals surface area (Å²) in [5, 5.41) is 29.8. The Morgan fingerprint density at radius 3 is 1.58 bits per heavy atom. The van der Waals surface area contributed by atoms with Crippen molar-refractivity contribution >= 4 is 22.8 Å². The van der Waals surface area contributed by atoms with Crippen LogP contribution in [0.3, 0.4) is 0 Å². The van der Waals surface area contributed by atoms with Crippen molar-refractivity contribution in [1.29, 1.82) is 0 Å². The van der Waals surface area contributed by atoms with Crippen molar-refractivity contribution in [2.24, 2.45) is 0 Å². The third-order valence-electron chi connectivity index (χ3n) is 5.51. The molecule has 0 radical (unpaired) electrons. The van der Waals surface area contributed by atoms with Crippen LogP contribution in [0.5, 0.6) is 5.75 Å². The molecule has 0 saturated carbocycles. The van der Waals surface area contributed by atoms with E-state index >= 15 is 0 Å². The van der Waals surface area contributed by atoms with Crippen molar-refractivity contribution in [1.82, 2.24) is 19.6 Å². The Hall–Kier alpha value is -3.12. The summed E-state index contributed by atoms with van der Waals surface area (Å²) in [6, 6.07) is 12.6. The number of carbonyl (C=O) groups excluding carboxylic acids is 2. The Morgan fingerprint density at radius 2 is 1.16 bits per heavy atom. The molecular formula is C27H44N4O7. The van der Waals surface area contributed by atoms with E-state index in [2.05, 4.69) is 13.8 Å². The summed E-state index contributed by atoms with van der Waals surface area (Å²) >= 11 is 0. The maximum atomic E-state index is 12.5. The second kappa shape index (κ2) is 17.4. The molecule has 0 spiro atoms. The van der Waals surface area contributed by atoms with Gasteiger partial charge in [-0.25, -0.2) is 9.59 Å². The van der Waals surface area contributed by atoms with Gasteiger partial charge in [0.15, 0.2) is 6.17 Å². The summed E-state index contributed by atoms with van der Waals surface area (Å²) < 4.78 is 10.1. The summed E-state index contributed by atoms with van der Waals surface area (Å²) in [4.78, 5) is 30.6. The van der Waals surface area contributed by atoms with Crippen LogP contribution in [0.1, 0.15) is 34.1 Å². The number of benzene rings is 2. The molecule has 4 rings (SSSR count). The van der Waals surface area contributed by atoms with Crippen molar-refractivity contribution in [3.63, 3.8) is 0 Å². The Labute approximate surface area is 225 Å². The first-order valence-corrected chi connectivity index (χ1v) is 12.9. The normalized spacial score (nSPS) is 17.9. The Kier molecular flexibility index (Phi) is 15.1. The molecule has 2 aromatic rings. The zero-order valence-corrected chi connectivity index (χ0v) is 23.4. The zero-order chi connectivity index (χ0) is 28.7. The fraction of sp³-hybridized carbons (Fsp3) is 0.556. The topological polar surface area (TPSA) is 126 Å². The van der Waals surface area contributed by atoms with Gasteiger partial charge in [0.2, 0.25) is 0 Å². The number of aliphatic hydroxyl groups is 2. The molecule has 0 atom stereocenters. The van der Waals surface area contributed by atoms with E-state index in [1.807, 2.05) is 50.2 Å². The second-order valence-electron chi connectivity index (χ2n) is 8.21. The zero-order valence-electron chi connectivity index (χ0n) is 23.4. The van der Waals surface area contributed by atoms with Crippen LogP contribution in [-0.2, 0) is 9.47 Å². The number of ether oxygens (including phenoxy) is 2. The number of methoxy groups -OCH3 is 2. The lowest BCUT2D eigenvalue weighted by Crippen LogP contribution is -2.48. The highest BCUT2D eigenvalue weighted by Crippen LogP contribution is 2.34. The molecule has 2 fully saturated rings. The van der Waals surface area contributed by atoms with Crippen molar-refractivity contribution in [3.8, 4) is 5.75 Å². The standard InChI is InChI=1S/C12H22N4O6.C10H8O.C3H8.C2H6/c1-21-7-15-10-9(13(3-5-17)11(15)19)14(4-6-18)12(20)16(10)8-22-2;11-10-7-3-5-8-4-1-2-6-9(8)10;1-3-2;1-2/h9-10,17-18H,3-8H2,1-2H3;1-7,11H;3H2,1-2H3;1-2H3. The average Bonchev–Trinajstić information content (AvgIpc) is 3.34. The average molecular weight is 537 g/mol. The minimum Gasteiger partial charge on any atom is -0.507 e. The summed E-state index contributed by atoms with van der Waals surface area (Å²) in [5.41, 5.74) is 0. The molecule has 0 aliphatic carbocycles. The summed E-state index contributed by atoms with van der Waals surface area (Å²) in [5.74, 6) is 0.350. The van der Waals surface area contributed by atoms with E-state index in [0.717, 1.165) is 10.8 Å². The van der Waals surface area contributed by atoms with E-state index in [4.69, 9.17) is 9.47 Å². The predicted octanol–water partition coefficient (Wildman–Crippen LogP) is 3.29. The molecule has 2 aromatic carbocycles. The summed E-state index contributed by atoms with van der Waals surface area (Å²) in [6.07, 6.45) is 0.0719. The Balaban J connectivity index is 0.000000374. The number of aromatic hydroxyl groups is 1. The van der Waals surface area contributed by atoms with Gasteiger partial charge >= 0.3 is 12.1 Å². The molecule has 0 unspecified atom stereocenters. The van der Waals surface area contributed by atoms with Gasteiger partial charge in [-0.2, -0.15) is 0 Å². The van der Waals surface area contributed by atoms with Gasteiger partial charge in [0, 0.05) is 32.7 Å². The van der Waals surface area contributed by atoms with Crippen molar-refractivity contribution < 1.29 is 34.4 Å². The van der Waals surface area contributed by atoms with E-state index in [-0.39, 0.29) is 51.8 Å². The molecule has 2 heterocycles. The van der Waals surface area contributed by atoms with Crippen molar-refractivity contribution in [2.45, 2.75) is 46.4 Å². The monoisotopic (exact) mass is 536 g/mol. The largest absolute Gasteiger partial charge is 0.507 e. The molecule has 11 nitrogen and oxygen atoms in total. The van der Waals surface area contributed by atoms with E-state index in [9.17, 15) is 24.9 Å². The van der Waals surface area contributed by atoms with Gasteiger partial charge in [-0.3, -0.25) is 19.6 Å². The number of fused-ring (bicyclic) bond motifs is 2. The highest BCUT2D eigenvalue weighted by atomic mass is 16.5. The molecule has 38 heavy (non-hydrogen) atoms. The fourth-order valence-corrected chi connectivity index (χ4v) is 4.18. The number of β-amino-alcohol motifs (C(OH)–C–C–N with tert-alkyl or cyclic N) is 2. The molecule has 3 N–H and O–H groups in total. The number of amides is 4. The maximum Gasteiger partial charge on any atom is 0.325 e. The SMILES string of the molecule is CC.CCC.COCN1C(=O)N(CCO)C2C1N(COC)C(=O)N2CCO.Oc1cccc2ccccc12. The molecular weight excluding hydrogens is 492 g/mol. The second-order valence-corrected chi connectivity index (χ2v) is 8.21. The molecule has 0 bridgehead atoms. The molecule has 2 aliphatic rings. The predicted molar refractivity (Wildman–Crippen MR) is 146 cm³/mol. The third kappa shape index (κ3) is 7.70. The van der Waals surface area contributed by atoms with Crippen LogP contribution in [0.2, 0.25) is 0 Å². The summed E-state index contributed by atoms with van der Waals surface area (Å²) in [7, 11) is 2.92. The lowest BCUT2D eigenvalue weighted by molar-refractivity contribution is -0.00263. The van der Waals surface area contributed by atoms with Gasteiger partial charge in [-0.15, -0.1) is 0 Å². The number of phenolic OH excluding ortho intramolecular Hbond substituents is 1. The van der Waals surface area contributed by atoms with Gasteiger partial charge in [0.25, 0.3) is 0 Å². The quantitative estimate of drug-likeness (QED) is 0.473. The number of nitrogens with zero attached hydrogens (tertiary/aromatic N) is 4. The minimum absolute atomic E-state index is 0.0163. The first-order chi connectivity index (χ1) is 18.4. The lowest BCUT2D eigenvalue weighted by Gasteiger charge is -2.28. The molecule has 0 aromatic heterocycles. The summed E-state index contributed by atoms with van der Waals surface area (Å²) in [6.45, 7) is 8.03. The van der Waals surface area contributed by atoms with Gasteiger partial charge in [-0.1, -0.05) is 70.5 Å². The molecule has 2 aliphatic heterocycles. The number of rotatable bonds is 8. The van der Waals surface area contributed by atoms with Crippen molar-refractivity contribution in [2.75, 3.05) is 54.0 Å². The van der Waals surface area contributed by atoms with E-state index in [0.29, 0.717) is 5.75 Å². The van der Waals surface area contributed by atoms with Crippen LogP contribution in [0.4, 0.5) is 9.59 Å². The number of phenols is 1. The molecule has 4 amide bonds. The minimum atomic E-state index is -0.593. The van der Waals surface area contributed by atoms with Crippen LogP contribution in [-0.4, -0.2) is 113 Å². The molecule has 2 saturated heterocycles. The Morgan fingerprint density at radius 1 is 0.737 bits per heavy atom. The lowest BCUT2D eigenvalue weighted by atomic mass is 10.1. The maximum absolute atomic E-state index is 12.5. The third-order valence-corrected chi connectivity index (χ3v) is 5.51. The highest BCUT2D eigenvalue weighted by molar-refractivity contribution is 5.87. The highest BCUT2D eigenvalue weighted by Gasteiger charge is 2.58. The van der Waals surface area contributed by atoms with E-state index in [1.54, 1.807) is 6.07 Å². The Bertz CT molecular complexity index is 902. The van der Waals surface area contributed by atoms with Crippen LogP contribution >= 0.6 is 0 Å². The first kappa shape index (κ1) is 32.9.